The summed E-state index contributed by atoms with van der Waals surface area (Å²) in [5.74, 6) is -0.146. The second-order valence-corrected chi connectivity index (χ2v) is 6.89. The molecule has 1 saturated heterocycles. The fourth-order valence-electron chi connectivity index (χ4n) is 2.68. The van der Waals surface area contributed by atoms with Gasteiger partial charge in [0.15, 0.2) is 5.17 Å². The molecule has 2 heterocycles. The molecule has 2 unspecified atom stereocenters. The predicted molar refractivity (Wildman–Crippen MR) is 90.8 cm³/mol. The Morgan fingerprint density at radius 2 is 1.86 bits per heavy atom. The van der Waals surface area contributed by atoms with Gasteiger partial charge in [0.1, 0.15) is 0 Å². The molecule has 1 fully saturated rings. The molecule has 0 radical (unpaired) electrons. The maximum atomic E-state index is 12.1. The van der Waals surface area contributed by atoms with Gasteiger partial charge in [-0.2, -0.15) is 4.99 Å². The Balaban J connectivity index is 1.74. The summed E-state index contributed by atoms with van der Waals surface area (Å²) in [6.07, 6.45) is 2.23. The van der Waals surface area contributed by atoms with Gasteiger partial charge in [0.2, 0.25) is 0 Å². The molecule has 116 valence electrons. The van der Waals surface area contributed by atoms with Crippen molar-refractivity contribution < 1.29 is 9.53 Å². The second-order valence-electron chi connectivity index (χ2n) is 5.88. The number of hydrogen-bond acceptors (Lipinski definition) is 4. The van der Waals surface area contributed by atoms with E-state index in [1.807, 2.05) is 51.1 Å². The SMILES string of the molecule is Cc1ccc(C=C2SC(N3CC(C)OC(C)C3)=NC2=O)cc1. The number of benzene rings is 1. The number of morpholine rings is 1. The molecule has 2 aliphatic heterocycles. The van der Waals surface area contributed by atoms with Gasteiger partial charge in [0.25, 0.3) is 5.91 Å². The average Bonchev–Trinajstić information content (AvgIpc) is 2.82. The van der Waals surface area contributed by atoms with Crippen molar-refractivity contribution in [1.82, 2.24) is 4.90 Å². The molecule has 0 N–H and O–H groups in total. The summed E-state index contributed by atoms with van der Waals surface area (Å²) < 4.78 is 5.73. The highest BCUT2D eigenvalue weighted by atomic mass is 32.2. The fraction of sp³-hybridized carbons (Fsp3) is 0.412. The standard InChI is InChI=1S/C17H20N2O2S/c1-11-4-6-14(7-5-11)8-15-16(20)18-17(22-15)19-9-12(2)21-13(3)10-19/h4-8,12-13H,9-10H2,1-3H3. The van der Waals surface area contributed by atoms with Crippen molar-refractivity contribution >= 4 is 28.9 Å². The molecule has 1 aromatic rings. The molecule has 3 rings (SSSR count). The molecule has 0 aliphatic carbocycles. The highest BCUT2D eigenvalue weighted by Gasteiger charge is 2.30. The smallest absolute Gasteiger partial charge is 0.286 e. The normalized spacial score (nSPS) is 27.4. The van der Waals surface area contributed by atoms with Crippen LogP contribution in [0.1, 0.15) is 25.0 Å². The van der Waals surface area contributed by atoms with Crippen molar-refractivity contribution in [2.75, 3.05) is 13.1 Å². The molecular weight excluding hydrogens is 296 g/mol. The van der Waals surface area contributed by atoms with Crippen molar-refractivity contribution in [3.63, 3.8) is 0 Å². The first-order chi connectivity index (χ1) is 10.5. The summed E-state index contributed by atoms with van der Waals surface area (Å²) in [6, 6.07) is 8.13. The highest BCUT2D eigenvalue weighted by Crippen LogP contribution is 2.31. The van der Waals surface area contributed by atoms with E-state index in [9.17, 15) is 4.79 Å². The molecule has 1 amide bonds. The lowest BCUT2D eigenvalue weighted by Crippen LogP contribution is -2.47. The Labute approximate surface area is 135 Å². The Morgan fingerprint density at radius 3 is 2.50 bits per heavy atom. The summed E-state index contributed by atoms with van der Waals surface area (Å²) in [4.78, 5) is 19.2. The lowest BCUT2D eigenvalue weighted by Gasteiger charge is -2.35. The monoisotopic (exact) mass is 316 g/mol. The lowest BCUT2D eigenvalue weighted by molar-refractivity contribution is -0.113. The average molecular weight is 316 g/mol. The summed E-state index contributed by atoms with van der Waals surface area (Å²) >= 11 is 1.46. The predicted octanol–water partition coefficient (Wildman–Crippen LogP) is 3.07. The van der Waals surface area contributed by atoms with Gasteiger partial charge in [-0.3, -0.25) is 4.79 Å². The van der Waals surface area contributed by atoms with Crippen molar-refractivity contribution in [2.24, 2.45) is 4.99 Å². The molecule has 0 aromatic heterocycles. The number of rotatable bonds is 1. The summed E-state index contributed by atoms with van der Waals surface area (Å²) in [6.45, 7) is 7.71. The second kappa shape index (κ2) is 6.26. The van der Waals surface area contributed by atoms with Gasteiger partial charge in [0, 0.05) is 13.1 Å². The first kappa shape index (κ1) is 15.3. The minimum absolute atomic E-state index is 0.146. The van der Waals surface area contributed by atoms with Crippen molar-refractivity contribution in [1.29, 1.82) is 0 Å². The Bertz CT molecular complexity index is 627. The van der Waals surface area contributed by atoms with E-state index in [0.717, 1.165) is 23.8 Å². The number of ether oxygens (including phenoxy) is 1. The first-order valence-corrected chi connectivity index (χ1v) is 8.32. The van der Waals surface area contributed by atoms with E-state index >= 15 is 0 Å². The van der Waals surface area contributed by atoms with Crippen molar-refractivity contribution in [3.8, 4) is 0 Å². The van der Waals surface area contributed by atoms with Gasteiger partial charge in [-0.1, -0.05) is 29.8 Å². The quantitative estimate of drug-likeness (QED) is 0.747. The van der Waals surface area contributed by atoms with Crippen LogP contribution in [0, 0.1) is 6.92 Å². The Morgan fingerprint density at radius 1 is 1.23 bits per heavy atom. The zero-order valence-corrected chi connectivity index (χ0v) is 13.9. The number of carbonyl (C=O) groups is 1. The van der Waals surface area contributed by atoms with Crippen LogP contribution in [0.3, 0.4) is 0 Å². The molecule has 2 atom stereocenters. The number of thioether (sulfide) groups is 1. The zero-order valence-electron chi connectivity index (χ0n) is 13.1. The van der Waals surface area contributed by atoms with Crippen LogP contribution < -0.4 is 0 Å². The number of carbonyl (C=O) groups excluding carboxylic acids is 1. The molecular formula is C17H20N2O2S. The maximum absolute atomic E-state index is 12.1. The van der Waals surface area contributed by atoms with Crippen LogP contribution in [0.4, 0.5) is 0 Å². The zero-order chi connectivity index (χ0) is 15.7. The lowest BCUT2D eigenvalue weighted by atomic mass is 10.1. The van der Waals surface area contributed by atoms with E-state index in [4.69, 9.17) is 4.74 Å². The number of hydrogen-bond donors (Lipinski definition) is 0. The van der Waals surface area contributed by atoms with Gasteiger partial charge in [-0.05, 0) is 44.2 Å². The Kier molecular flexibility index (Phi) is 4.36. The minimum atomic E-state index is -0.146. The van der Waals surface area contributed by atoms with Gasteiger partial charge in [-0.15, -0.1) is 0 Å². The molecule has 0 bridgehead atoms. The number of aryl methyl sites for hydroxylation is 1. The molecule has 4 nitrogen and oxygen atoms in total. The van der Waals surface area contributed by atoms with Crippen LogP contribution in [-0.4, -0.2) is 41.3 Å². The molecule has 1 aromatic carbocycles. The summed E-state index contributed by atoms with van der Waals surface area (Å²) in [5.41, 5.74) is 2.24. The summed E-state index contributed by atoms with van der Waals surface area (Å²) in [5, 5.41) is 0.797. The van der Waals surface area contributed by atoms with E-state index < -0.39 is 0 Å². The maximum Gasteiger partial charge on any atom is 0.286 e. The third kappa shape index (κ3) is 3.42. The first-order valence-electron chi connectivity index (χ1n) is 7.51. The van der Waals surface area contributed by atoms with E-state index in [0.29, 0.717) is 4.91 Å². The fourth-order valence-corrected chi connectivity index (χ4v) is 3.61. The van der Waals surface area contributed by atoms with Crippen LogP contribution in [0.2, 0.25) is 0 Å². The van der Waals surface area contributed by atoms with Crippen LogP contribution in [0.15, 0.2) is 34.2 Å². The highest BCUT2D eigenvalue weighted by molar-refractivity contribution is 8.18. The molecule has 5 heteroatoms. The van der Waals surface area contributed by atoms with Gasteiger partial charge < -0.3 is 9.64 Å². The topological polar surface area (TPSA) is 41.9 Å². The Hall–Kier alpha value is -1.59. The number of amides is 1. The third-order valence-corrected chi connectivity index (χ3v) is 4.72. The van der Waals surface area contributed by atoms with Crippen LogP contribution in [0.25, 0.3) is 6.08 Å². The summed E-state index contributed by atoms with van der Waals surface area (Å²) in [7, 11) is 0. The van der Waals surface area contributed by atoms with Gasteiger partial charge in [0.05, 0.1) is 17.1 Å². The number of aliphatic imine (C=N–C) groups is 1. The molecule has 22 heavy (non-hydrogen) atoms. The molecule has 2 aliphatic rings. The minimum Gasteiger partial charge on any atom is -0.372 e. The van der Waals surface area contributed by atoms with Crippen molar-refractivity contribution in [3.05, 3.63) is 40.3 Å². The number of nitrogens with zero attached hydrogens (tertiary/aromatic N) is 2. The van der Waals surface area contributed by atoms with Crippen LogP contribution in [-0.2, 0) is 9.53 Å². The van der Waals surface area contributed by atoms with E-state index in [1.165, 1.54) is 17.3 Å². The van der Waals surface area contributed by atoms with E-state index in [2.05, 4.69) is 9.89 Å². The van der Waals surface area contributed by atoms with Gasteiger partial charge >= 0.3 is 0 Å². The van der Waals surface area contributed by atoms with Crippen LogP contribution in [0.5, 0.6) is 0 Å². The number of amidine groups is 1. The largest absolute Gasteiger partial charge is 0.372 e. The van der Waals surface area contributed by atoms with Crippen molar-refractivity contribution in [2.45, 2.75) is 33.0 Å². The van der Waals surface area contributed by atoms with E-state index in [-0.39, 0.29) is 18.1 Å². The van der Waals surface area contributed by atoms with E-state index in [1.54, 1.807) is 0 Å². The van der Waals surface area contributed by atoms with Gasteiger partial charge in [-0.25, -0.2) is 0 Å². The molecule has 0 saturated carbocycles. The molecule has 0 spiro atoms. The van der Waals surface area contributed by atoms with Crippen LogP contribution >= 0.6 is 11.8 Å². The third-order valence-electron chi connectivity index (χ3n) is 3.67.